The van der Waals surface area contributed by atoms with Gasteiger partial charge in [0.25, 0.3) is 0 Å². The number of aromatic nitrogens is 2. The molecule has 1 aromatic carbocycles. The summed E-state index contributed by atoms with van der Waals surface area (Å²) in [6.07, 6.45) is 1.84. The SMILES string of the molecule is Cn1ccc(NC(=S)Nc2ccc3c(c2)OCO3)n1. The summed E-state index contributed by atoms with van der Waals surface area (Å²) in [5, 5.41) is 10.7. The van der Waals surface area contributed by atoms with E-state index >= 15 is 0 Å². The molecule has 1 aliphatic rings. The molecule has 0 radical (unpaired) electrons. The Kier molecular flexibility index (Phi) is 2.96. The quantitative estimate of drug-likeness (QED) is 0.818. The van der Waals surface area contributed by atoms with Crippen molar-refractivity contribution in [3.05, 3.63) is 30.5 Å². The van der Waals surface area contributed by atoms with Gasteiger partial charge in [-0.25, -0.2) is 0 Å². The summed E-state index contributed by atoms with van der Waals surface area (Å²) in [6, 6.07) is 7.40. The summed E-state index contributed by atoms with van der Waals surface area (Å²) >= 11 is 5.21. The third-order valence-electron chi connectivity index (χ3n) is 2.59. The molecule has 0 atom stereocenters. The number of anilines is 2. The molecule has 0 saturated carbocycles. The number of nitrogens with zero attached hydrogens (tertiary/aromatic N) is 2. The second-order valence-electron chi connectivity index (χ2n) is 4.02. The summed E-state index contributed by atoms with van der Waals surface area (Å²) in [5.74, 6) is 2.15. The summed E-state index contributed by atoms with van der Waals surface area (Å²) < 4.78 is 12.2. The molecule has 0 aliphatic carbocycles. The number of ether oxygens (including phenoxy) is 2. The molecule has 98 valence electrons. The third kappa shape index (κ3) is 2.60. The summed E-state index contributed by atoms with van der Waals surface area (Å²) in [6.45, 7) is 0.259. The minimum atomic E-state index is 0.259. The van der Waals surface area contributed by atoms with Crippen molar-refractivity contribution in [3.63, 3.8) is 0 Å². The molecule has 2 heterocycles. The minimum Gasteiger partial charge on any atom is -0.454 e. The Balaban J connectivity index is 1.66. The van der Waals surface area contributed by atoms with Gasteiger partial charge in [-0.05, 0) is 24.4 Å². The van der Waals surface area contributed by atoms with E-state index in [0.29, 0.717) is 16.7 Å². The molecular weight excluding hydrogens is 264 g/mol. The van der Waals surface area contributed by atoms with E-state index in [-0.39, 0.29) is 6.79 Å². The Morgan fingerprint density at radius 1 is 1.26 bits per heavy atom. The highest BCUT2D eigenvalue weighted by molar-refractivity contribution is 7.80. The average molecular weight is 276 g/mol. The number of fused-ring (bicyclic) bond motifs is 1. The lowest BCUT2D eigenvalue weighted by Gasteiger charge is -2.09. The lowest BCUT2D eigenvalue weighted by molar-refractivity contribution is 0.174. The Morgan fingerprint density at radius 2 is 2.11 bits per heavy atom. The first kappa shape index (κ1) is 11.8. The van der Waals surface area contributed by atoms with E-state index in [1.165, 1.54) is 0 Å². The van der Waals surface area contributed by atoms with Crippen molar-refractivity contribution in [3.8, 4) is 11.5 Å². The van der Waals surface area contributed by atoms with Gasteiger partial charge in [0.05, 0.1) is 0 Å². The zero-order valence-corrected chi connectivity index (χ0v) is 11.0. The molecule has 0 unspecified atom stereocenters. The van der Waals surface area contributed by atoms with Gasteiger partial charge >= 0.3 is 0 Å². The van der Waals surface area contributed by atoms with Crippen LogP contribution in [0.3, 0.4) is 0 Å². The van der Waals surface area contributed by atoms with Crippen molar-refractivity contribution in [2.75, 3.05) is 17.4 Å². The van der Waals surface area contributed by atoms with Gasteiger partial charge in [-0.1, -0.05) is 0 Å². The normalized spacial score (nSPS) is 12.3. The van der Waals surface area contributed by atoms with Crippen LogP contribution in [-0.4, -0.2) is 21.7 Å². The maximum absolute atomic E-state index is 5.30. The molecule has 2 aromatic rings. The third-order valence-corrected chi connectivity index (χ3v) is 2.79. The fourth-order valence-electron chi connectivity index (χ4n) is 1.73. The Morgan fingerprint density at radius 3 is 2.89 bits per heavy atom. The fraction of sp³-hybridized carbons (Fsp3) is 0.167. The van der Waals surface area contributed by atoms with Gasteiger partial charge in [0.2, 0.25) is 6.79 Å². The first-order valence-electron chi connectivity index (χ1n) is 5.68. The van der Waals surface area contributed by atoms with E-state index in [2.05, 4.69) is 15.7 Å². The van der Waals surface area contributed by atoms with Crippen molar-refractivity contribution in [1.82, 2.24) is 9.78 Å². The standard InChI is InChI=1S/C12H12N4O2S/c1-16-5-4-11(15-16)14-12(19)13-8-2-3-9-10(6-8)18-7-17-9/h2-6H,7H2,1H3,(H2,13,14,15,19). The zero-order valence-electron chi connectivity index (χ0n) is 10.2. The molecule has 0 bridgehead atoms. The average Bonchev–Trinajstić information content (AvgIpc) is 2.97. The van der Waals surface area contributed by atoms with Crippen LogP contribution in [-0.2, 0) is 7.05 Å². The van der Waals surface area contributed by atoms with Crippen molar-refractivity contribution >= 4 is 28.8 Å². The molecular formula is C12H12N4O2S. The van der Waals surface area contributed by atoms with Crippen molar-refractivity contribution < 1.29 is 9.47 Å². The number of hydrogen-bond donors (Lipinski definition) is 2. The number of hydrogen-bond acceptors (Lipinski definition) is 4. The Labute approximate surface area is 115 Å². The van der Waals surface area contributed by atoms with E-state index in [1.807, 2.05) is 37.5 Å². The monoisotopic (exact) mass is 276 g/mol. The molecule has 3 rings (SSSR count). The largest absolute Gasteiger partial charge is 0.454 e. The van der Waals surface area contributed by atoms with Crippen LogP contribution in [0.1, 0.15) is 0 Å². The molecule has 2 N–H and O–H groups in total. The van der Waals surface area contributed by atoms with Crippen LogP contribution < -0.4 is 20.1 Å². The van der Waals surface area contributed by atoms with Crippen LogP contribution in [0.5, 0.6) is 11.5 Å². The Hall–Kier alpha value is -2.28. The van der Waals surface area contributed by atoms with E-state index in [4.69, 9.17) is 21.7 Å². The molecule has 0 saturated heterocycles. The van der Waals surface area contributed by atoms with Crippen LogP contribution in [0.15, 0.2) is 30.5 Å². The molecule has 0 fully saturated rings. The predicted octanol–water partition coefficient (Wildman–Crippen LogP) is 1.96. The van der Waals surface area contributed by atoms with Gasteiger partial charge in [0.15, 0.2) is 22.4 Å². The van der Waals surface area contributed by atoms with Crippen LogP contribution in [0.25, 0.3) is 0 Å². The lowest BCUT2D eigenvalue weighted by atomic mass is 10.3. The highest BCUT2D eigenvalue weighted by Gasteiger charge is 2.13. The van der Waals surface area contributed by atoms with Gasteiger partial charge in [-0.2, -0.15) is 5.10 Å². The molecule has 1 aliphatic heterocycles. The summed E-state index contributed by atoms with van der Waals surface area (Å²) in [7, 11) is 1.85. The van der Waals surface area contributed by atoms with Gasteiger partial charge in [0, 0.05) is 31.1 Å². The van der Waals surface area contributed by atoms with Crippen LogP contribution in [0, 0.1) is 0 Å². The second kappa shape index (κ2) is 4.77. The maximum Gasteiger partial charge on any atom is 0.231 e. The van der Waals surface area contributed by atoms with Crippen LogP contribution >= 0.6 is 12.2 Å². The molecule has 0 spiro atoms. The van der Waals surface area contributed by atoms with Crippen molar-refractivity contribution in [2.45, 2.75) is 0 Å². The van der Waals surface area contributed by atoms with E-state index in [0.717, 1.165) is 11.4 Å². The number of nitrogens with one attached hydrogen (secondary N) is 2. The maximum atomic E-state index is 5.30. The van der Waals surface area contributed by atoms with Gasteiger partial charge in [-0.15, -0.1) is 0 Å². The number of aryl methyl sites for hydroxylation is 1. The Bertz CT molecular complexity index is 626. The molecule has 1 aromatic heterocycles. The first-order chi connectivity index (χ1) is 9.20. The summed E-state index contributed by atoms with van der Waals surface area (Å²) in [5.41, 5.74) is 0.831. The molecule has 6 nitrogen and oxygen atoms in total. The van der Waals surface area contributed by atoms with Gasteiger partial charge < -0.3 is 20.1 Å². The van der Waals surface area contributed by atoms with Gasteiger partial charge in [-0.3, -0.25) is 4.68 Å². The zero-order chi connectivity index (χ0) is 13.2. The number of benzene rings is 1. The second-order valence-corrected chi connectivity index (χ2v) is 4.43. The van der Waals surface area contributed by atoms with Crippen molar-refractivity contribution in [2.24, 2.45) is 7.05 Å². The molecule has 0 amide bonds. The number of thiocarbonyl (C=S) groups is 1. The first-order valence-corrected chi connectivity index (χ1v) is 6.09. The van der Waals surface area contributed by atoms with Gasteiger partial charge in [0.1, 0.15) is 0 Å². The van der Waals surface area contributed by atoms with Crippen LogP contribution in [0.2, 0.25) is 0 Å². The topological polar surface area (TPSA) is 60.3 Å². The van der Waals surface area contributed by atoms with E-state index in [1.54, 1.807) is 4.68 Å². The highest BCUT2D eigenvalue weighted by Crippen LogP contribution is 2.34. The van der Waals surface area contributed by atoms with E-state index < -0.39 is 0 Å². The highest BCUT2D eigenvalue weighted by atomic mass is 32.1. The lowest BCUT2D eigenvalue weighted by Crippen LogP contribution is -2.19. The van der Waals surface area contributed by atoms with Crippen molar-refractivity contribution in [1.29, 1.82) is 0 Å². The smallest absolute Gasteiger partial charge is 0.231 e. The minimum absolute atomic E-state index is 0.259. The molecule has 7 heteroatoms. The number of rotatable bonds is 2. The summed E-state index contributed by atoms with van der Waals surface area (Å²) in [4.78, 5) is 0. The van der Waals surface area contributed by atoms with Crippen LogP contribution in [0.4, 0.5) is 11.5 Å². The van der Waals surface area contributed by atoms with E-state index in [9.17, 15) is 0 Å². The predicted molar refractivity (Wildman–Crippen MR) is 75.6 cm³/mol. The fourth-order valence-corrected chi connectivity index (χ4v) is 1.96. The molecule has 19 heavy (non-hydrogen) atoms.